The zero-order valence-electron chi connectivity index (χ0n) is 11.7. The van der Waals surface area contributed by atoms with Crippen LogP contribution in [-0.4, -0.2) is 28.6 Å². The van der Waals surface area contributed by atoms with Gasteiger partial charge in [-0.15, -0.1) is 0 Å². The minimum absolute atomic E-state index is 0.132. The molecule has 1 aliphatic rings. The Morgan fingerprint density at radius 2 is 2.10 bits per heavy atom. The zero-order chi connectivity index (χ0) is 14.5. The molecule has 1 saturated carbocycles. The summed E-state index contributed by atoms with van der Waals surface area (Å²) >= 11 is 0. The zero-order valence-corrected chi connectivity index (χ0v) is 11.7. The van der Waals surface area contributed by atoms with Crippen LogP contribution in [0.25, 0.3) is 0 Å². The van der Waals surface area contributed by atoms with Crippen LogP contribution in [0.1, 0.15) is 35.8 Å². The molecule has 2 aromatic rings. The number of carbonyl (C=O) groups excluding carboxylic acids is 1. The van der Waals surface area contributed by atoms with Crippen molar-refractivity contribution in [1.29, 1.82) is 0 Å². The van der Waals surface area contributed by atoms with Gasteiger partial charge in [-0.1, -0.05) is 23.4 Å². The first-order chi connectivity index (χ1) is 10.3. The summed E-state index contributed by atoms with van der Waals surface area (Å²) < 4.78 is 5.09. The van der Waals surface area contributed by atoms with Crippen LogP contribution in [0.4, 0.5) is 5.69 Å². The molecule has 1 aromatic heterocycles. The molecule has 0 unspecified atom stereocenters. The van der Waals surface area contributed by atoms with Crippen LogP contribution in [0, 0.1) is 0 Å². The second-order valence-electron chi connectivity index (χ2n) is 5.16. The molecule has 2 N–H and O–H groups in total. The standard InChI is InChI=1S/C15H18N4O2/c20-15(17-12-8-9-12)14-18-13(21-19-14)7-4-10-16-11-5-2-1-3-6-11/h1-3,5-6,12,16H,4,7-10H2,(H,17,20). The maximum absolute atomic E-state index is 11.7. The summed E-state index contributed by atoms with van der Waals surface area (Å²) in [5, 5.41) is 9.86. The van der Waals surface area contributed by atoms with Gasteiger partial charge in [0.15, 0.2) is 0 Å². The van der Waals surface area contributed by atoms with Gasteiger partial charge in [0.25, 0.3) is 11.7 Å². The smallest absolute Gasteiger partial charge is 0.292 e. The highest BCUT2D eigenvalue weighted by molar-refractivity contribution is 5.90. The molecule has 1 aliphatic carbocycles. The summed E-state index contributed by atoms with van der Waals surface area (Å²) in [6.45, 7) is 0.815. The Balaban J connectivity index is 1.41. The maximum Gasteiger partial charge on any atom is 0.292 e. The largest absolute Gasteiger partial charge is 0.385 e. The van der Waals surface area contributed by atoms with Crippen molar-refractivity contribution < 1.29 is 9.32 Å². The van der Waals surface area contributed by atoms with Crippen LogP contribution in [0.3, 0.4) is 0 Å². The second kappa shape index (κ2) is 6.39. The fourth-order valence-corrected chi connectivity index (χ4v) is 1.95. The van der Waals surface area contributed by atoms with Crippen molar-refractivity contribution in [3.63, 3.8) is 0 Å². The van der Waals surface area contributed by atoms with E-state index in [0.29, 0.717) is 18.4 Å². The molecule has 0 radical (unpaired) electrons. The van der Waals surface area contributed by atoms with Crippen LogP contribution < -0.4 is 10.6 Å². The van der Waals surface area contributed by atoms with E-state index in [1.165, 1.54) is 0 Å². The van der Waals surface area contributed by atoms with Crippen LogP contribution in [-0.2, 0) is 6.42 Å². The molecule has 3 rings (SSSR count). The predicted molar refractivity (Wildman–Crippen MR) is 78.0 cm³/mol. The average molecular weight is 286 g/mol. The van der Waals surface area contributed by atoms with Crippen LogP contribution in [0.2, 0.25) is 0 Å². The Morgan fingerprint density at radius 1 is 1.29 bits per heavy atom. The van der Waals surface area contributed by atoms with Crippen LogP contribution in [0.5, 0.6) is 0 Å². The SMILES string of the molecule is O=C(NC1CC1)c1noc(CCCNc2ccccc2)n1. The molecule has 6 heteroatoms. The summed E-state index contributed by atoms with van der Waals surface area (Å²) in [5.74, 6) is 0.397. The minimum Gasteiger partial charge on any atom is -0.385 e. The van der Waals surface area contributed by atoms with Crippen molar-refractivity contribution in [2.75, 3.05) is 11.9 Å². The number of para-hydroxylation sites is 1. The molecule has 0 spiro atoms. The van der Waals surface area contributed by atoms with E-state index in [1.807, 2.05) is 30.3 Å². The number of aromatic nitrogens is 2. The lowest BCUT2D eigenvalue weighted by molar-refractivity contribution is 0.0937. The van der Waals surface area contributed by atoms with Crippen molar-refractivity contribution in [1.82, 2.24) is 15.5 Å². The van der Waals surface area contributed by atoms with Gasteiger partial charge in [-0.3, -0.25) is 4.79 Å². The average Bonchev–Trinajstić information content (AvgIpc) is 3.19. The third-order valence-corrected chi connectivity index (χ3v) is 3.25. The molecular formula is C15H18N4O2. The van der Waals surface area contributed by atoms with Gasteiger partial charge in [-0.05, 0) is 31.4 Å². The van der Waals surface area contributed by atoms with Gasteiger partial charge in [0.05, 0.1) is 0 Å². The van der Waals surface area contributed by atoms with E-state index >= 15 is 0 Å². The monoisotopic (exact) mass is 286 g/mol. The first-order valence-electron chi connectivity index (χ1n) is 7.23. The number of amides is 1. The molecule has 0 bridgehead atoms. The lowest BCUT2D eigenvalue weighted by Crippen LogP contribution is -2.26. The third-order valence-electron chi connectivity index (χ3n) is 3.25. The Bertz CT molecular complexity index is 593. The van der Waals surface area contributed by atoms with Gasteiger partial charge in [0, 0.05) is 24.7 Å². The van der Waals surface area contributed by atoms with Crippen LogP contribution in [0.15, 0.2) is 34.9 Å². The van der Waals surface area contributed by atoms with Crippen molar-refractivity contribution in [3.8, 4) is 0 Å². The van der Waals surface area contributed by atoms with E-state index in [9.17, 15) is 4.79 Å². The molecule has 1 heterocycles. The molecule has 1 fully saturated rings. The Hall–Kier alpha value is -2.37. The van der Waals surface area contributed by atoms with Crippen LogP contribution >= 0.6 is 0 Å². The summed E-state index contributed by atoms with van der Waals surface area (Å²) in [6, 6.07) is 10.3. The quantitative estimate of drug-likeness (QED) is 0.761. The number of carbonyl (C=O) groups is 1. The Labute approximate surface area is 122 Å². The number of nitrogens with zero attached hydrogens (tertiary/aromatic N) is 2. The highest BCUT2D eigenvalue weighted by Crippen LogP contribution is 2.19. The highest BCUT2D eigenvalue weighted by atomic mass is 16.5. The molecule has 0 aliphatic heterocycles. The predicted octanol–water partition coefficient (Wildman–Crippen LogP) is 2.01. The van der Waals surface area contributed by atoms with Gasteiger partial charge in [0.1, 0.15) is 0 Å². The number of aryl methyl sites for hydroxylation is 1. The van der Waals surface area contributed by atoms with Crippen molar-refractivity contribution in [2.24, 2.45) is 0 Å². The molecule has 0 saturated heterocycles. The number of rotatable bonds is 7. The summed E-state index contributed by atoms with van der Waals surface area (Å²) in [7, 11) is 0. The number of hydrogen-bond acceptors (Lipinski definition) is 5. The molecule has 21 heavy (non-hydrogen) atoms. The summed E-state index contributed by atoms with van der Waals surface area (Å²) in [5.41, 5.74) is 1.09. The van der Waals surface area contributed by atoms with E-state index in [1.54, 1.807) is 0 Å². The summed E-state index contributed by atoms with van der Waals surface area (Å²) in [6.07, 6.45) is 3.60. The van der Waals surface area contributed by atoms with E-state index in [2.05, 4.69) is 20.8 Å². The first-order valence-corrected chi connectivity index (χ1v) is 7.23. The van der Waals surface area contributed by atoms with E-state index in [-0.39, 0.29) is 11.7 Å². The highest BCUT2D eigenvalue weighted by Gasteiger charge is 2.25. The van der Waals surface area contributed by atoms with Crippen molar-refractivity contribution >= 4 is 11.6 Å². The number of hydrogen-bond donors (Lipinski definition) is 2. The maximum atomic E-state index is 11.7. The fraction of sp³-hybridized carbons (Fsp3) is 0.400. The molecule has 1 aromatic carbocycles. The minimum atomic E-state index is -0.241. The van der Waals surface area contributed by atoms with Gasteiger partial charge < -0.3 is 15.2 Å². The van der Waals surface area contributed by atoms with E-state index < -0.39 is 0 Å². The third kappa shape index (κ3) is 4.05. The van der Waals surface area contributed by atoms with Gasteiger partial charge >= 0.3 is 0 Å². The molecule has 0 atom stereocenters. The number of benzene rings is 1. The van der Waals surface area contributed by atoms with E-state index in [0.717, 1.165) is 31.5 Å². The lowest BCUT2D eigenvalue weighted by atomic mass is 10.3. The Kier molecular flexibility index (Phi) is 4.14. The topological polar surface area (TPSA) is 80.0 Å². The second-order valence-corrected chi connectivity index (χ2v) is 5.16. The molecule has 6 nitrogen and oxygen atoms in total. The van der Waals surface area contributed by atoms with E-state index in [4.69, 9.17) is 4.52 Å². The summed E-state index contributed by atoms with van der Waals surface area (Å²) in [4.78, 5) is 15.8. The normalized spacial score (nSPS) is 13.9. The van der Waals surface area contributed by atoms with Gasteiger partial charge in [-0.25, -0.2) is 0 Å². The molecule has 110 valence electrons. The fourth-order valence-electron chi connectivity index (χ4n) is 1.95. The lowest BCUT2D eigenvalue weighted by Gasteiger charge is -2.03. The first kappa shape index (κ1) is 13.6. The van der Waals surface area contributed by atoms with Crippen molar-refractivity contribution in [2.45, 2.75) is 31.7 Å². The molecular weight excluding hydrogens is 268 g/mol. The number of anilines is 1. The Morgan fingerprint density at radius 3 is 2.86 bits per heavy atom. The number of nitrogens with one attached hydrogen (secondary N) is 2. The molecule has 1 amide bonds. The van der Waals surface area contributed by atoms with Gasteiger partial charge in [0.2, 0.25) is 5.89 Å². The van der Waals surface area contributed by atoms with Gasteiger partial charge in [-0.2, -0.15) is 4.98 Å². The van der Waals surface area contributed by atoms with Crippen molar-refractivity contribution in [3.05, 3.63) is 42.0 Å².